The van der Waals surface area contributed by atoms with Crippen molar-refractivity contribution in [3.05, 3.63) is 87.9 Å². The van der Waals surface area contributed by atoms with Crippen LogP contribution in [0.4, 0.5) is 0 Å². The van der Waals surface area contributed by atoms with Crippen LogP contribution in [0.5, 0.6) is 23.0 Å². The van der Waals surface area contributed by atoms with Crippen LogP contribution in [0.15, 0.2) is 66.2 Å². The van der Waals surface area contributed by atoms with E-state index in [-0.39, 0.29) is 24.0 Å². The molecule has 0 aromatic heterocycles. The van der Waals surface area contributed by atoms with E-state index in [1.807, 2.05) is 54.6 Å². The Labute approximate surface area is 202 Å². The predicted molar refractivity (Wildman–Crippen MR) is 127 cm³/mol. The van der Waals surface area contributed by atoms with Gasteiger partial charge in [-0.2, -0.15) is 5.26 Å². The molecular formula is C26H21ClN2O5. The number of hydrogen-bond donors (Lipinski definition) is 1. The van der Waals surface area contributed by atoms with E-state index >= 15 is 0 Å². The van der Waals surface area contributed by atoms with Crippen LogP contribution in [-0.4, -0.2) is 19.8 Å². The number of methoxy groups -OCH3 is 1. The lowest BCUT2D eigenvalue weighted by Gasteiger charge is -2.14. The quantitative estimate of drug-likeness (QED) is 0.368. The lowest BCUT2D eigenvalue weighted by Crippen LogP contribution is -2.23. The normalized spacial score (nSPS) is 12.1. The van der Waals surface area contributed by atoms with Crippen molar-refractivity contribution >= 4 is 23.6 Å². The standard InChI is InChI=1S/C26H21ClN2O5/c1-31-24-12-19(9-20(13-28)26(30)29-14-17-5-3-2-4-6-17)10-21(27)25(24)32-15-18-7-8-22-23(11-18)34-16-33-22/h2-12H,14-16H2,1H3,(H,29,30)/b20-9-. The van der Waals surface area contributed by atoms with Crippen molar-refractivity contribution in [1.82, 2.24) is 5.32 Å². The Bertz CT molecular complexity index is 1270. The average Bonchev–Trinajstić information content (AvgIpc) is 3.33. The number of nitrogens with one attached hydrogen (secondary N) is 1. The Morgan fingerprint density at radius 2 is 1.91 bits per heavy atom. The van der Waals surface area contributed by atoms with E-state index in [0.717, 1.165) is 11.1 Å². The topological polar surface area (TPSA) is 89.8 Å². The van der Waals surface area contributed by atoms with Crippen molar-refractivity contribution in [3.63, 3.8) is 0 Å². The van der Waals surface area contributed by atoms with Crippen molar-refractivity contribution in [2.75, 3.05) is 13.9 Å². The Balaban J connectivity index is 1.48. The van der Waals surface area contributed by atoms with E-state index in [9.17, 15) is 10.1 Å². The predicted octanol–water partition coefficient (Wildman–Crippen LogP) is 4.88. The number of ether oxygens (including phenoxy) is 4. The molecule has 1 N–H and O–H groups in total. The largest absolute Gasteiger partial charge is 0.493 e. The highest BCUT2D eigenvalue weighted by molar-refractivity contribution is 6.32. The van der Waals surface area contributed by atoms with Gasteiger partial charge in [0.05, 0.1) is 12.1 Å². The number of amides is 1. The molecule has 3 aromatic rings. The summed E-state index contributed by atoms with van der Waals surface area (Å²) in [5, 5.41) is 12.5. The fraction of sp³-hybridized carbons (Fsp3) is 0.154. The fourth-order valence-electron chi connectivity index (χ4n) is 3.34. The van der Waals surface area contributed by atoms with Crippen LogP contribution >= 0.6 is 11.6 Å². The molecule has 1 aliphatic rings. The average molecular weight is 477 g/mol. The smallest absolute Gasteiger partial charge is 0.262 e. The van der Waals surface area contributed by atoms with E-state index in [0.29, 0.717) is 35.1 Å². The van der Waals surface area contributed by atoms with Gasteiger partial charge in [-0.1, -0.05) is 48.0 Å². The van der Waals surface area contributed by atoms with Crippen LogP contribution in [0.1, 0.15) is 16.7 Å². The van der Waals surface area contributed by atoms with Gasteiger partial charge in [0.15, 0.2) is 23.0 Å². The Morgan fingerprint density at radius 1 is 1.12 bits per heavy atom. The summed E-state index contributed by atoms with van der Waals surface area (Å²) in [6.07, 6.45) is 1.45. The van der Waals surface area contributed by atoms with Gasteiger partial charge >= 0.3 is 0 Å². The lowest BCUT2D eigenvalue weighted by molar-refractivity contribution is -0.117. The zero-order valence-electron chi connectivity index (χ0n) is 18.3. The maximum absolute atomic E-state index is 12.5. The SMILES string of the molecule is COc1cc(/C=C(/C#N)C(=O)NCc2ccccc2)cc(Cl)c1OCc1ccc2c(c1)OCO2. The van der Waals surface area contributed by atoms with Crippen LogP contribution in [0.2, 0.25) is 5.02 Å². The molecular weight excluding hydrogens is 456 g/mol. The van der Waals surface area contributed by atoms with E-state index in [4.69, 9.17) is 30.5 Å². The first-order chi connectivity index (χ1) is 16.6. The summed E-state index contributed by atoms with van der Waals surface area (Å²) in [6, 6.07) is 20.2. The van der Waals surface area contributed by atoms with Crippen LogP contribution < -0.4 is 24.3 Å². The summed E-state index contributed by atoms with van der Waals surface area (Å²) < 4.78 is 22.1. The minimum atomic E-state index is -0.482. The third-order valence-corrected chi connectivity index (χ3v) is 5.32. The first kappa shape index (κ1) is 23.0. The summed E-state index contributed by atoms with van der Waals surface area (Å²) in [7, 11) is 1.49. The van der Waals surface area contributed by atoms with Crippen molar-refractivity contribution in [1.29, 1.82) is 5.26 Å². The van der Waals surface area contributed by atoms with Gasteiger partial charge < -0.3 is 24.3 Å². The third kappa shape index (κ3) is 5.42. The Hall–Kier alpha value is -4.15. The van der Waals surface area contributed by atoms with Crippen molar-refractivity contribution in [3.8, 4) is 29.1 Å². The van der Waals surface area contributed by atoms with Gasteiger partial charge in [0.1, 0.15) is 18.2 Å². The zero-order valence-corrected chi connectivity index (χ0v) is 19.1. The van der Waals surface area contributed by atoms with E-state index < -0.39 is 5.91 Å². The maximum Gasteiger partial charge on any atom is 0.262 e. The maximum atomic E-state index is 12.5. The number of carbonyl (C=O) groups is 1. The molecule has 0 saturated carbocycles. The molecule has 0 fully saturated rings. The first-order valence-electron chi connectivity index (χ1n) is 10.4. The molecule has 1 heterocycles. The highest BCUT2D eigenvalue weighted by Crippen LogP contribution is 2.38. The minimum absolute atomic E-state index is 0.0527. The third-order valence-electron chi connectivity index (χ3n) is 5.04. The summed E-state index contributed by atoms with van der Waals surface area (Å²) in [5.41, 5.74) is 2.28. The van der Waals surface area contributed by atoms with E-state index in [2.05, 4.69) is 5.32 Å². The molecule has 0 radical (unpaired) electrons. The molecule has 8 heteroatoms. The second kappa shape index (κ2) is 10.6. The van der Waals surface area contributed by atoms with Gasteiger partial charge in [-0.15, -0.1) is 0 Å². The Morgan fingerprint density at radius 3 is 2.68 bits per heavy atom. The number of hydrogen-bond acceptors (Lipinski definition) is 6. The molecule has 0 saturated heterocycles. The summed E-state index contributed by atoms with van der Waals surface area (Å²) in [5.74, 6) is 1.60. The van der Waals surface area contributed by atoms with Gasteiger partial charge in [-0.3, -0.25) is 4.79 Å². The summed E-state index contributed by atoms with van der Waals surface area (Å²) in [6.45, 7) is 0.742. The van der Waals surface area contributed by atoms with Crippen molar-refractivity contribution in [2.45, 2.75) is 13.2 Å². The first-order valence-corrected chi connectivity index (χ1v) is 10.8. The Kier molecular flexibility index (Phi) is 7.21. The second-order valence-corrected chi connectivity index (χ2v) is 7.76. The molecule has 0 atom stereocenters. The highest BCUT2D eigenvalue weighted by atomic mass is 35.5. The summed E-state index contributed by atoms with van der Waals surface area (Å²) in [4.78, 5) is 12.5. The van der Waals surface area contributed by atoms with E-state index in [1.54, 1.807) is 12.1 Å². The van der Waals surface area contributed by atoms with Gasteiger partial charge in [-0.05, 0) is 47.0 Å². The van der Waals surface area contributed by atoms with Gasteiger partial charge in [-0.25, -0.2) is 0 Å². The molecule has 0 bridgehead atoms. The molecule has 1 amide bonds. The lowest BCUT2D eigenvalue weighted by atomic mass is 10.1. The van der Waals surface area contributed by atoms with E-state index in [1.165, 1.54) is 13.2 Å². The monoisotopic (exact) mass is 476 g/mol. The molecule has 172 valence electrons. The van der Waals surface area contributed by atoms with Gasteiger partial charge in [0.25, 0.3) is 5.91 Å². The van der Waals surface area contributed by atoms with Crippen LogP contribution in [0.3, 0.4) is 0 Å². The number of nitrogens with zero attached hydrogens (tertiary/aromatic N) is 1. The molecule has 0 spiro atoms. The molecule has 4 rings (SSSR count). The highest BCUT2D eigenvalue weighted by Gasteiger charge is 2.16. The molecule has 0 unspecified atom stereocenters. The number of carbonyl (C=O) groups excluding carboxylic acids is 1. The number of benzene rings is 3. The fourth-order valence-corrected chi connectivity index (χ4v) is 3.61. The van der Waals surface area contributed by atoms with Crippen LogP contribution in [-0.2, 0) is 17.9 Å². The molecule has 1 aliphatic heterocycles. The molecule has 3 aromatic carbocycles. The van der Waals surface area contributed by atoms with Crippen LogP contribution in [0.25, 0.3) is 6.08 Å². The number of nitriles is 1. The summed E-state index contributed by atoms with van der Waals surface area (Å²) >= 11 is 6.46. The minimum Gasteiger partial charge on any atom is -0.493 e. The molecule has 34 heavy (non-hydrogen) atoms. The number of rotatable bonds is 8. The number of fused-ring (bicyclic) bond motifs is 1. The molecule has 7 nitrogen and oxygen atoms in total. The van der Waals surface area contributed by atoms with Gasteiger partial charge in [0, 0.05) is 6.54 Å². The van der Waals surface area contributed by atoms with Crippen molar-refractivity contribution < 1.29 is 23.7 Å². The van der Waals surface area contributed by atoms with Crippen LogP contribution in [0, 0.1) is 11.3 Å². The second-order valence-electron chi connectivity index (χ2n) is 7.35. The zero-order chi connectivity index (χ0) is 23.9. The van der Waals surface area contributed by atoms with Crippen molar-refractivity contribution in [2.24, 2.45) is 0 Å². The van der Waals surface area contributed by atoms with Gasteiger partial charge in [0.2, 0.25) is 6.79 Å². The molecule has 0 aliphatic carbocycles. The number of halogens is 1.